The average Bonchev–Trinajstić information content (AvgIpc) is 3.74. The van der Waals surface area contributed by atoms with E-state index in [0.717, 1.165) is 11.6 Å². The molecule has 5 atom stereocenters. The fourth-order valence-corrected chi connectivity index (χ4v) is 9.16. The Hall–Kier alpha value is -6.12. The number of rotatable bonds is 10. The molecule has 7 rings (SSSR count). The molecule has 3 aliphatic rings. The smallest absolute Gasteiger partial charge is 0.255 e. The minimum atomic E-state index is -1.79. The Morgan fingerprint density at radius 2 is 1.75 bits per heavy atom. The Morgan fingerprint density at radius 3 is 2.44 bits per heavy atom. The van der Waals surface area contributed by atoms with E-state index in [0.29, 0.717) is 48.2 Å². The summed E-state index contributed by atoms with van der Waals surface area (Å²) < 4.78 is 32.0. The van der Waals surface area contributed by atoms with Crippen LogP contribution in [0.25, 0.3) is 0 Å². The maximum absolute atomic E-state index is 16.0. The van der Waals surface area contributed by atoms with Crippen LogP contribution in [-0.4, -0.2) is 59.1 Å². The van der Waals surface area contributed by atoms with Crippen molar-refractivity contribution in [3.8, 4) is 17.9 Å². The number of nitrogens with zero attached hydrogens (tertiary/aromatic N) is 2. The van der Waals surface area contributed by atoms with E-state index in [2.05, 4.69) is 39.2 Å². The van der Waals surface area contributed by atoms with Crippen LogP contribution in [0.5, 0.6) is 0 Å². The third kappa shape index (κ3) is 9.19. The zero-order chi connectivity index (χ0) is 45.2. The van der Waals surface area contributed by atoms with E-state index in [1.165, 1.54) is 35.2 Å². The molecule has 1 unspecified atom stereocenters. The molecule has 0 saturated carbocycles. The maximum Gasteiger partial charge on any atom is 0.255 e. The van der Waals surface area contributed by atoms with Gasteiger partial charge in [-0.3, -0.25) is 29.3 Å². The number of benzene rings is 4. The lowest BCUT2D eigenvalue weighted by Gasteiger charge is -2.37. The highest BCUT2D eigenvalue weighted by Gasteiger charge is 2.61. The van der Waals surface area contributed by atoms with Crippen LogP contribution >= 0.6 is 23.2 Å². The van der Waals surface area contributed by atoms with Crippen LogP contribution in [0.3, 0.4) is 0 Å². The van der Waals surface area contributed by atoms with Crippen LogP contribution < -0.4 is 21.3 Å². The van der Waals surface area contributed by atoms with Crippen LogP contribution in [0.4, 0.5) is 14.5 Å². The first-order chi connectivity index (χ1) is 30.0. The normalized spacial score (nSPS) is 21.8. The fraction of sp³-hybridized carbons (Fsp3) is 0.333. The zero-order valence-electron chi connectivity index (χ0n) is 34.7. The molecule has 4 N–H and O–H groups in total. The Balaban J connectivity index is 1.01. The highest BCUT2D eigenvalue weighted by molar-refractivity contribution is 6.31. The number of amides is 5. The molecule has 3 aliphatic heterocycles. The number of fused-ring (bicyclic) bond motifs is 1. The minimum Gasteiger partial charge on any atom is -0.352 e. The van der Waals surface area contributed by atoms with E-state index < -0.39 is 58.3 Å². The number of nitrogens with one attached hydrogen (secondary N) is 4. The number of anilines is 1. The number of piperidine rings is 1. The quantitative estimate of drug-likeness (QED) is 0.0727. The second-order valence-electron chi connectivity index (χ2n) is 17.1. The zero-order valence-corrected chi connectivity index (χ0v) is 36.2. The summed E-state index contributed by atoms with van der Waals surface area (Å²) in [6, 6.07) is 19.3. The summed E-state index contributed by atoms with van der Waals surface area (Å²) in [7, 11) is 0. The van der Waals surface area contributed by atoms with E-state index in [4.69, 9.17) is 23.2 Å². The fourth-order valence-electron chi connectivity index (χ4n) is 8.82. The Labute approximate surface area is 373 Å². The van der Waals surface area contributed by atoms with Crippen molar-refractivity contribution in [3.05, 3.63) is 134 Å². The number of halogens is 4. The van der Waals surface area contributed by atoms with Crippen molar-refractivity contribution in [2.75, 3.05) is 11.9 Å². The molecule has 2 saturated heterocycles. The molecule has 3 heterocycles. The van der Waals surface area contributed by atoms with Crippen molar-refractivity contribution >= 4 is 58.4 Å². The van der Waals surface area contributed by atoms with E-state index in [1.54, 1.807) is 36.4 Å². The van der Waals surface area contributed by atoms with Gasteiger partial charge in [-0.15, -0.1) is 0 Å². The Bertz CT molecular complexity index is 2620. The predicted octanol–water partition coefficient (Wildman–Crippen LogP) is 7.55. The van der Waals surface area contributed by atoms with Crippen LogP contribution in [0.15, 0.2) is 78.9 Å². The molecule has 5 amide bonds. The summed E-state index contributed by atoms with van der Waals surface area (Å²) in [6.45, 7) is 6.39. The molecule has 15 heteroatoms. The summed E-state index contributed by atoms with van der Waals surface area (Å²) in [5.74, 6) is 1.33. The molecule has 4 aromatic carbocycles. The van der Waals surface area contributed by atoms with Crippen molar-refractivity contribution in [3.63, 3.8) is 0 Å². The number of carbonyl (C=O) groups excluding carboxylic acids is 5. The molecule has 0 spiro atoms. The second-order valence-corrected chi connectivity index (χ2v) is 18.0. The van der Waals surface area contributed by atoms with Gasteiger partial charge in [0.15, 0.2) is 0 Å². The second kappa shape index (κ2) is 18.3. The van der Waals surface area contributed by atoms with Gasteiger partial charge in [-0.1, -0.05) is 80.1 Å². The topological polar surface area (TPSA) is 160 Å². The molecule has 4 aromatic rings. The number of hydrogen-bond acceptors (Lipinski definition) is 7. The Morgan fingerprint density at radius 1 is 1.00 bits per heavy atom. The van der Waals surface area contributed by atoms with Gasteiger partial charge in [0.1, 0.15) is 23.1 Å². The van der Waals surface area contributed by atoms with Gasteiger partial charge in [0.2, 0.25) is 17.7 Å². The maximum atomic E-state index is 16.0. The van der Waals surface area contributed by atoms with Gasteiger partial charge in [-0.05, 0) is 90.4 Å². The van der Waals surface area contributed by atoms with Crippen LogP contribution in [0.2, 0.25) is 10.0 Å². The van der Waals surface area contributed by atoms with Crippen molar-refractivity contribution in [2.24, 2.45) is 5.41 Å². The van der Waals surface area contributed by atoms with Crippen molar-refractivity contribution in [1.82, 2.24) is 20.9 Å². The van der Waals surface area contributed by atoms with Gasteiger partial charge in [0.05, 0.1) is 17.1 Å². The standard InChI is InChI=1S/C48H44Cl2F2N6O5/c1-47(2,3)24-38-48(26-53,34-19-16-29(49)23-36(34)51)40(32-12-8-13-35(50)41(32)52)42(56-38)45(62)55-30-17-14-28(15-18-30)43(60)54-22-6-4-5-9-27-10-7-11-31-33(27)25-58(46(31)63)37-20-21-39(59)57-44(37)61/h7-8,10-19,23,37-38,40,42,56H,4,6,20-22,24-25H2,1-3H3,(H,54,60)(H,55,62)(H,57,59,61)/t37?,38-,40-,42+,48-/m0/s1. The van der Waals surface area contributed by atoms with Gasteiger partial charge in [0.25, 0.3) is 11.8 Å². The van der Waals surface area contributed by atoms with E-state index in [-0.39, 0.29) is 58.3 Å². The minimum absolute atomic E-state index is 0.0288. The van der Waals surface area contributed by atoms with Crippen LogP contribution in [0, 0.1) is 40.2 Å². The van der Waals surface area contributed by atoms with Gasteiger partial charge in [-0.25, -0.2) is 8.78 Å². The summed E-state index contributed by atoms with van der Waals surface area (Å²) in [5.41, 5.74) is 0.282. The Kier molecular flexibility index (Phi) is 13.1. The van der Waals surface area contributed by atoms with Gasteiger partial charge >= 0.3 is 0 Å². The van der Waals surface area contributed by atoms with Crippen LogP contribution in [0.1, 0.15) is 102 Å². The van der Waals surface area contributed by atoms with E-state index in [9.17, 15) is 29.2 Å². The van der Waals surface area contributed by atoms with Crippen molar-refractivity contribution in [1.29, 1.82) is 5.26 Å². The summed E-state index contributed by atoms with van der Waals surface area (Å²) in [5, 5.41) is 22.3. The molecule has 0 bridgehead atoms. The first-order valence-electron chi connectivity index (χ1n) is 20.5. The molecule has 324 valence electrons. The summed E-state index contributed by atoms with van der Waals surface area (Å²) in [6.07, 6.45) is 1.73. The van der Waals surface area contributed by atoms with Gasteiger partial charge < -0.3 is 20.9 Å². The number of unbranched alkanes of at least 4 members (excludes halogenated alkanes) is 1. The van der Waals surface area contributed by atoms with Gasteiger partial charge in [0, 0.05) is 70.9 Å². The molecule has 11 nitrogen and oxygen atoms in total. The lowest BCUT2D eigenvalue weighted by molar-refractivity contribution is -0.137. The average molecular weight is 894 g/mol. The highest BCUT2D eigenvalue weighted by atomic mass is 35.5. The summed E-state index contributed by atoms with van der Waals surface area (Å²) in [4.78, 5) is 66.0. The first-order valence-corrected chi connectivity index (χ1v) is 21.3. The molecular weight excluding hydrogens is 849 g/mol. The van der Waals surface area contributed by atoms with Crippen molar-refractivity contribution < 1.29 is 32.8 Å². The molecule has 2 fully saturated rings. The molecule has 63 heavy (non-hydrogen) atoms. The highest BCUT2D eigenvalue weighted by Crippen LogP contribution is 2.53. The summed E-state index contributed by atoms with van der Waals surface area (Å²) >= 11 is 12.4. The molecule has 0 aromatic heterocycles. The number of nitriles is 1. The van der Waals surface area contributed by atoms with Gasteiger partial charge in [-0.2, -0.15) is 5.26 Å². The third-order valence-corrected chi connectivity index (χ3v) is 12.2. The number of imide groups is 1. The molecular formula is C48H44Cl2F2N6O5. The monoisotopic (exact) mass is 892 g/mol. The predicted molar refractivity (Wildman–Crippen MR) is 234 cm³/mol. The van der Waals surface area contributed by atoms with Crippen molar-refractivity contribution in [2.45, 2.75) is 88.9 Å². The number of carbonyl (C=O) groups is 5. The lowest BCUT2D eigenvalue weighted by Crippen LogP contribution is -2.52. The lowest BCUT2D eigenvalue weighted by atomic mass is 9.62. The number of hydrogen-bond donors (Lipinski definition) is 4. The van der Waals surface area contributed by atoms with E-state index >= 15 is 8.78 Å². The molecule has 0 radical (unpaired) electrons. The van der Waals surface area contributed by atoms with E-state index in [1.807, 2.05) is 26.8 Å². The van der Waals surface area contributed by atoms with Crippen LogP contribution in [-0.2, 0) is 26.3 Å². The SMILES string of the molecule is CC(C)(C)C[C@@H]1N[C@@H](C(=O)Nc2ccc(C(=O)NCCCC#Cc3cccc4c3CN(C3CCC(=O)NC3=O)C4=O)cc2)[C@H](c2cccc(Cl)c2F)[C@@]1(C#N)c1ccc(Cl)cc1F. The largest absolute Gasteiger partial charge is 0.352 e. The molecule has 0 aliphatic carbocycles. The third-order valence-electron chi connectivity index (χ3n) is 11.7. The first kappa shape index (κ1) is 44.9.